The number of thiophene rings is 1. The molecule has 0 radical (unpaired) electrons. The highest BCUT2D eigenvalue weighted by atomic mass is 32.1. The molecule has 0 aliphatic heterocycles. The normalized spacial score (nSPS) is 10.8. The summed E-state index contributed by atoms with van der Waals surface area (Å²) in [6.45, 7) is 1.77. The van der Waals surface area contributed by atoms with Crippen molar-refractivity contribution in [3.63, 3.8) is 0 Å². The topological polar surface area (TPSA) is 104 Å². The summed E-state index contributed by atoms with van der Waals surface area (Å²) >= 11 is 6.69. The summed E-state index contributed by atoms with van der Waals surface area (Å²) in [6, 6.07) is 7.56. The van der Waals surface area contributed by atoms with Crippen molar-refractivity contribution in [1.82, 2.24) is 9.55 Å². The van der Waals surface area contributed by atoms with Gasteiger partial charge in [-0.25, -0.2) is 4.79 Å². The lowest BCUT2D eigenvalue weighted by atomic mass is 10.2. The summed E-state index contributed by atoms with van der Waals surface area (Å²) < 4.78 is 1.40. The number of fused-ring (bicyclic) bond motifs is 1. The zero-order valence-corrected chi connectivity index (χ0v) is 15.4. The van der Waals surface area contributed by atoms with Gasteiger partial charge < -0.3 is 15.4 Å². The molecule has 134 valence electrons. The number of aryl methyl sites for hydroxylation is 1. The van der Waals surface area contributed by atoms with Crippen molar-refractivity contribution in [2.24, 2.45) is 0 Å². The predicted octanol–water partition coefficient (Wildman–Crippen LogP) is 3.02. The monoisotopic (exact) mass is 389 g/mol. The van der Waals surface area contributed by atoms with Crippen LogP contribution in [0, 0.1) is 4.77 Å². The van der Waals surface area contributed by atoms with Crippen molar-refractivity contribution in [1.29, 1.82) is 0 Å². The lowest BCUT2D eigenvalue weighted by molar-refractivity contribution is -0.116. The van der Waals surface area contributed by atoms with Crippen LogP contribution in [0.1, 0.15) is 22.2 Å². The standard InChI is InChI=1S/C17H15N3O4S2/c1-2-11-7-12-14(26-11)19-17(25)20(15(12)22)8-13(21)18-10-5-3-9(4-6-10)16(23)24/h3-7H,2,8H2,1H3,(H,18,21)(H,19,25)(H,23,24). The number of rotatable bonds is 5. The van der Waals surface area contributed by atoms with Crippen LogP contribution in [0.5, 0.6) is 0 Å². The number of nitrogens with zero attached hydrogens (tertiary/aromatic N) is 1. The van der Waals surface area contributed by atoms with E-state index in [0.717, 1.165) is 11.3 Å². The highest BCUT2D eigenvalue weighted by molar-refractivity contribution is 7.71. The zero-order chi connectivity index (χ0) is 18.8. The zero-order valence-electron chi connectivity index (χ0n) is 13.7. The first-order chi connectivity index (χ1) is 12.4. The molecule has 3 rings (SSSR count). The van der Waals surface area contributed by atoms with Gasteiger partial charge >= 0.3 is 5.97 Å². The van der Waals surface area contributed by atoms with Gasteiger partial charge in [0.05, 0.1) is 10.9 Å². The molecule has 1 amide bonds. The lowest BCUT2D eigenvalue weighted by Crippen LogP contribution is -2.28. The fraction of sp³-hybridized carbons (Fsp3) is 0.176. The second kappa shape index (κ2) is 7.22. The Bertz CT molecular complexity index is 1110. The maximum atomic E-state index is 12.6. The van der Waals surface area contributed by atoms with Crippen LogP contribution in [0.15, 0.2) is 35.1 Å². The highest BCUT2D eigenvalue weighted by Crippen LogP contribution is 2.21. The maximum Gasteiger partial charge on any atom is 0.335 e. The summed E-state index contributed by atoms with van der Waals surface area (Å²) in [5.74, 6) is -1.48. The van der Waals surface area contributed by atoms with Gasteiger partial charge in [-0.05, 0) is 49.0 Å². The Kier molecular flexibility index (Phi) is 5.01. The van der Waals surface area contributed by atoms with Gasteiger partial charge in [0.1, 0.15) is 11.4 Å². The Morgan fingerprint density at radius 1 is 1.31 bits per heavy atom. The van der Waals surface area contributed by atoms with Gasteiger partial charge in [-0.3, -0.25) is 14.2 Å². The number of aromatic nitrogens is 2. The van der Waals surface area contributed by atoms with Crippen molar-refractivity contribution in [3.05, 3.63) is 55.9 Å². The number of amides is 1. The fourth-order valence-electron chi connectivity index (χ4n) is 2.45. The second-order valence-corrected chi connectivity index (χ2v) is 7.08. The molecule has 2 heterocycles. The molecule has 0 atom stereocenters. The Hall–Kier alpha value is -2.78. The van der Waals surface area contributed by atoms with Crippen molar-refractivity contribution in [2.75, 3.05) is 5.32 Å². The lowest BCUT2D eigenvalue weighted by Gasteiger charge is -2.08. The smallest absolute Gasteiger partial charge is 0.335 e. The van der Waals surface area contributed by atoms with Gasteiger partial charge in [-0.1, -0.05) is 6.92 Å². The third-order valence-corrected chi connectivity index (χ3v) is 5.31. The minimum Gasteiger partial charge on any atom is -0.478 e. The Labute approximate surface area is 156 Å². The molecule has 0 spiro atoms. The van der Waals surface area contributed by atoms with Crippen LogP contribution in [-0.2, 0) is 17.8 Å². The van der Waals surface area contributed by atoms with Crippen LogP contribution in [0.25, 0.3) is 10.2 Å². The Morgan fingerprint density at radius 2 is 2.00 bits per heavy atom. The number of nitrogens with one attached hydrogen (secondary N) is 2. The molecule has 9 heteroatoms. The number of carbonyl (C=O) groups excluding carboxylic acids is 1. The van der Waals surface area contributed by atoms with E-state index in [1.54, 1.807) is 0 Å². The van der Waals surface area contributed by atoms with Crippen LogP contribution in [-0.4, -0.2) is 26.5 Å². The molecule has 26 heavy (non-hydrogen) atoms. The second-order valence-electron chi connectivity index (χ2n) is 5.56. The van der Waals surface area contributed by atoms with Crippen molar-refractivity contribution in [3.8, 4) is 0 Å². The average Bonchev–Trinajstić information content (AvgIpc) is 3.02. The number of H-pyrrole nitrogens is 1. The molecule has 0 saturated heterocycles. The van der Waals surface area contributed by atoms with E-state index in [0.29, 0.717) is 15.9 Å². The fourth-order valence-corrected chi connectivity index (χ4v) is 3.76. The van der Waals surface area contributed by atoms with Gasteiger partial charge in [-0.15, -0.1) is 11.3 Å². The molecule has 7 nitrogen and oxygen atoms in total. The van der Waals surface area contributed by atoms with Crippen molar-refractivity contribution >= 4 is 51.3 Å². The van der Waals surface area contributed by atoms with Crippen molar-refractivity contribution in [2.45, 2.75) is 19.9 Å². The van der Waals surface area contributed by atoms with E-state index in [4.69, 9.17) is 17.3 Å². The molecule has 0 unspecified atom stereocenters. The van der Waals surface area contributed by atoms with Gasteiger partial charge in [0, 0.05) is 10.6 Å². The van der Waals surface area contributed by atoms with Gasteiger partial charge in [-0.2, -0.15) is 0 Å². The van der Waals surface area contributed by atoms with E-state index >= 15 is 0 Å². The van der Waals surface area contributed by atoms with E-state index in [1.807, 2.05) is 13.0 Å². The van der Waals surface area contributed by atoms with E-state index < -0.39 is 11.9 Å². The number of carboxylic acids is 1. The molecule has 0 saturated carbocycles. The molecule has 1 aromatic carbocycles. The van der Waals surface area contributed by atoms with Gasteiger partial charge in [0.2, 0.25) is 5.91 Å². The van der Waals surface area contributed by atoms with E-state index in [1.165, 1.54) is 40.2 Å². The quantitative estimate of drug-likeness (QED) is 0.582. The first-order valence-corrected chi connectivity index (χ1v) is 9.00. The first kappa shape index (κ1) is 18.0. The van der Waals surface area contributed by atoms with Gasteiger partial charge in [0.15, 0.2) is 4.77 Å². The number of aromatic carboxylic acids is 1. The molecule has 0 fully saturated rings. The predicted molar refractivity (Wildman–Crippen MR) is 103 cm³/mol. The minimum absolute atomic E-state index is 0.122. The first-order valence-electron chi connectivity index (χ1n) is 7.77. The van der Waals surface area contributed by atoms with Crippen LogP contribution >= 0.6 is 23.6 Å². The Balaban J connectivity index is 1.84. The average molecular weight is 389 g/mol. The minimum atomic E-state index is -1.05. The number of aromatic amines is 1. The SMILES string of the molecule is CCc1cc2c(=O)n(CC(=O)Nc3ccc(C(=O)O)cc3)c(=S)[nH]c2s1. The maximum absolute atomic E-state index is 12.6. The van der Waals surface area contributed by atoms with Crippen LogP contribution in [0.3, 0.4) is 0 Å². The van der Waals surface area contributed by atoms with E-state index in [-0.39, 0.29) is 22.4 Å². The number of hydrogen-bond donors (Lipinski definition) is 3. The molecular weight excluding hydrogens is 374 g/mol. The summed E-state index contributed by atoms with van der Waals surface area (Å²) in [7, 11) is 0. The molecule has 0 bridgehead atoms. The molecule has 3 N–H and O–H groups in total. The highest BCUT2D eigenvalue weighted by Gasteiger charge is 2.12. The summed E-state index contributed by atoms with van der Waals surface area (Å²) in [5, 5.41) is 12.0. The summed E-state index contributed by atoms with van der Waals surface area (Å²) in [5.41, 5.74) is 0.250. The molecule has 2 aromatic heterocycles. The molecular formula is C17H15N3O4S2. The molecule has 0 aliphatic carbocycles. The number of benzene rings is 1. The molecule has 3 aromatic rings. The molecule has 0 aliphatic rings. The summed E-state index contributed by atoms with van der Waals surface area (Å²) in [6.07, 6.45) is 0.812. The third-order valence-electron chi connectivity index (χ3n) is 3.79. The van der Waals surface area contributed by atoms with Crippen LogP contribution in [0.4, 0.5) is 5.69 Å². The van der Waals surface area contributed by atoms with Gasteiger partial charge in [0.25, 0.3) is 5.56 Å². The summed E-state index contributed by atoms with van der Waals surface area (Å²) in [4.78, 5) is 40.5. The number of anilines is 1. The van der Waals surface area contributed by atoms with Crippen molar-refractivity contribution < 1.29 is 14.7 Å². The third kappa shape index (κ3) is 3.58. The van der Waals surface area contributed by atoms with Crippen LogP contribution < -0.4 is 10.9 Å². The number of hydrogen-bond acceptors (Lipinski definition) is 5. The number of carbonyl (C=O) groups is 2. The van der Waals surface area contributed by atoms with E-state index in [9.17, 15) is 14.4 Å². The Morgan fingerprint density at radius 3 is 2.62 bits per heavy atom. The van der Waals surface area contributed by atoms with Crippen LogP contribution in [0.2, 0.25) is 0 Å². The largest absolute Gasteiger partial charge is 0.478 e. The number of carboxylic acid groups (broad SMARTS) is 1. The van der Waals surface area contributed by atoms with E-state index in [2.05, 4.69) is 10.3 Å².